The largest absolute Gasteiger partial charge is 0.352 e. The van der Waals surface area contributed by atoms with Crippen LogP contribution in [0, 0.1) is 6.92 Å². The average Bonchev–Trinajstić information content (AvgIpc) is 3.14. The molecule has 1 heterocycles. The highest BCUT2D eigenvalue weighted by atomic mass is 35.5. The molecule has 0 fully saturated rings. The molecule has 0 aliphatic carbocycles. The van der Waals surface area contributed by atoms with E-state index in [9.17, 15) is 4.79 Å². The van der Waals surface area contributed by atoms with Crippen LogP contribution in [-0.4, -0.2) is 10.5 Å². The predicted molar refractivity (Wildman–Crippen MR) is 102 cm³/mol. The van der Waals surface area contributed by atoms with Crippen molar-refractivity contribution in [2.45, 2.75) is 25.9 Å². The van der Waals surface area contributed by atoms with Gasteiger partial charge in [0.05, 0.1) is 12.5 Å². The molecule has 3 nitrogen and oxygen atoms in total. The second kappa shape index (κ2) is 8.04. The molecule has 1 amide bonds. The standard InChI is InChI=1S/C21H21ClN2O/c1-16-4-8-18(9-5-16)20(24-12-2-3-13-24)14-21(25)23-15-17-6-10-19(22)11-7-17/h2-13,20H,14-15H2,1H3,(H,23,25)/t20-/m0/s1. The monoisotopic (exact) mass is 352 g/mol. The summed E-state index contributed by atoms with van der Waals surface area (Å²) in [5.74, 6) is 0.0224. The Bertz CT molecular complexity index is 808. The fourth-order valence-corrected chi connectivity index (χ4v) is 2.92. The highest BCUT2D eigenvalue weighted by Gasteiger charge is 2.17. The van der Waals surface area contributed by atoms with Crippen molar-refractivity contribution in [2.24, 2.45) is 0 Å². The van der Waals surface area contributed by atoms with Crippen molar-refractivity contribution < 1.29 is 4.79 Å². The van der Waals surface area contributed by atoms with Gasteiger partial charge in [-0.15, -0.1) is 0 Å². The van der Waals surface area contributed by atoms with E-state index in [1.54, 1.807) is 0 Å². The molecule has 1 N–H and O–H groups in total. The van der Waals surface area contributed by atoms with Gasteiger partial charge in [0, 0.05) is 24.0 Å². The van der Waals surface area contributed by atoms with E-state index in [4.69, 9.17) is 11.6 Å². The van der Waals surface area contributed by atoms with Crippen LogP contribution < -0.4 is 5.32 Å². The number of carbonyl (C=O) groups excluding carboxylic acids is 1. The molecule has 2 aromatic carbocycles. The van der Waals surface area contributed by atoms with E-state index in [-0.39, 0.29) is 11.9 Å². The number of rotatable bonds is 6. The molecule has 0 unspecified atom stereocenters. The van der Waals surface area contributed by atoms with Crippen LogP contribution in [0.2, 0.25) is 5.02 Å². The van der Waals surface area contributed by atoms with Gasteiger partial charge in [-0.3, -0.25) is 4.79 Å². The normalized spacial score (nSPS) is 11.9. The maximum absolute atomic E-state index is 12.5. The van der Waals surface area contributed by atoms with E-state index in [0.717, 1.165) is 11.1 Å². The quantitative estimate of drug-likeness (QED) is 0.682. The topological polar surface area (TPSA) is 34.0 Å². The zero-order chi connectivity index (χ0) is 17.6. The van der Waals surface area contributed by atoms with Crippen LogP contribution in [0.5, 0.6) is 0 Å². The fraction of sp³-hybridized carbons (Fsp3) is 0.190. The number of amides is 1. The second-order valence-corrected chi connectivity index (χ2v) is 6.60. The van der Waals surface area contributed by atoms with Gasteiger partial charge in [0.25, 0.3) is 0 Å². The first kappa shape index (κ1) is 17.3. The van der Waals surface area contributed by atoms with Gasteiger partial charge < -0.3 is 9.88 Å². The zero-order valence-corrected chi connectivity index (χ0v) is 14.9. The summed E-state index contributed by atoms with van der Waals surface area (Å²) in [6, 6.07) is 19.8. The first-order chi connectivity index (χ1) is 12.1. The van der Waals surface area contributed by atoms with E-state index in [1.807, 2.05) is 48.8 Å². The van der Waals surface area contributed by atoms with Crippen LogP contribution in [0.1, 0.15) is 29.2 Å². The van der Waals surface area contributed by atoms with Crippen molar-refractivity contribution in [1.82, 2.24) is 9.88 Å². The molecule has 3 rings (SSSR count). The van der Waals surface area contributed by atoms with Gasteiger partial charge in [0.2, 0.25) is 5.91 Å². The molecule has 25 heavy (non-hydrogen) atoms. The summed E-state index contributed by atoms with van der Waals surface area (Å²) in [4.78, 5) is 12.5. The number of hydrogen-bond acceptors (Lipinski definition) is 1. The SMILES string of the molecule is Cc1ccc([C@H](CC(=O)NCc2ccc(Cl)cc2)n2cccc2)cc1. The summed E-state index contributed by atoms with van der Waals surface area (Å²) in [6.07, 6.45) is 4.39. The number of carbonyl (C=O) groups is 1. The number of halogens is 1. The molecule has 0 saturated heterocycles. The average molecular weight is 353 g/mol. The lowest BCUT2D eigenvalue weighted by Crippen LogP contribution is -2.26. The highest BCUT2D eigenvalue weighted by molar-refractivity contribution is 6.30. The number of hydrogen-bond donors (Lipinski definition) is 1. The molecule has 0 bridgehead atoms. The Morgan fingerprint density at radius 3 is 2.32 bits per heavy atom. The Labute approximate surface area is 153 Å². The molecule has 0 aliphatic rings. The fourth-order valence-electron chi connectivity index (χ4n) is 2.79. The zero-order valence-electron chi connectivity index (χ0n) is 14.2. The first-order valence-corrected chi connectivity index (χ1v) is 8.70. The highest BCUT2D eigenvalue weighted by Crippen LogP contribution is 2.23. The summed E-state index contributed by atoms with van der Waals surface area (Å²) < 4.78 is 2.08. The third kappa shape index (κ3) is 4.74. The molecule has 0 aliphatic heterocycles. The molecule has 1 aromatic heterocycles. The van der Waals surface area contributed by atoms with Crippen LogP contribution in [0.3, 0.4) is 0 Å². The van der Waals surface area contributed by atoms with Crippen molar-refractivity contribution in [1.29, 1.82) is 0 Å². The van der Waals surface area contributed by atoms with Crippen molar-refractivity contribution >= 4 is 17.5 Å². The predicted octanol–water partition coefficient (Wildman–Crippen LogP) is 4.75. The summed E-state index contributed by atoms with van der Waals surface area (Å²) in [5, 5.41) is 3.69. The van der Waals surface area contributed by atoms with Gasteiger partial charge in [-0.05, 0) is 42.3 Å². The maximum atomic E-state index is 12.5. The Balaban J connectivity index is 1.68. The van der Waals surface area contributed by atoms with Crippen molar-refractivity contribution in [3.8, 4) is 0 Å². The van der Waals surface area contributed by atoms with Crippen LogP contribution in [0.4, 0.5) is 0 Å². The van der Waals surface area contributed by atoms with Gasteiger partial charge in [-0.1, -0.05) is 53.6 Å². The Hall–Kier alpha value is -2.52. The second-order valence-electron chi connectivity index (χ2n) is 6.16. The van der Waals surface area contributed by atoms with E-state index in [2.05, 4.69) is 41.1 Å². The summed E-state index contributed by atoms with van der Waals surface area (Å²) in [6.45, 7) is 2.57. The minimum absolute atomic E-state index is 0.0131. The molecular formula is C21H21ClN2O. The minimum atomic E-state index is -0.0131. The maximum Gasteiger partial charge on any atom is 0.222 e. The van der Waals surface area contributed by atoms with Crippen LogP contribution in [0.25, 0.3) is 0 Å². The molecule has 128 valence electrons. The van der Waals surface area contributed by atoms with E-state index in [1.165, 1.54) is 5.56 Å². The van der Waals surface area contributed by atoms with Gasteiger partial charge >= 0.3 is 0 Å². The number of nitrogens with zero attached hydrogens (tertiary/aromatic N) is 1. The van der Waals surface area contributed by atoms with Crippen LogP contribution in [0.15, 0.2) is 73.1 Å². The molecule has 4 heteroatoms. The van der Waals surface area contributed by atoms with Gasteiger partial charge in [-0.2, -0.15) is 0 Å². The lowest BCUT2D eigenvalue weighted by Gasteiger charge is -2.19. The lowest BCUT2D eigenvalue weighted by atomic mass is 10.0. The van der Waals surface area contributed by atoms with Crippen molar-refractivity contribution in [2.75, 3.05) is 0 Å². The lowest BCUT2D eigenvalue weighted by molar-refractivity contribution is -0.121. The summed E-state index contributed by atoms with van der Waals surface area (Å²) in [5.41, 5.74) is 3.37. The molecule has 1 atom stereocenters. The van der Waals surface area contributed by atoms with Gasteiger partial charge in [0.1, 0.15) is 0 Å². The first-order valence-electron chi connectivity index (χ1n) is 8.32. The number of benzene rings is 2. The van der Waals surface area contributed by atoms with E-state index in [0.29, 0.717) is 18.0 Å². The Morgan fingerprint density at radius 2 is 1.68 bits per heavy atom. The minimum Gasteiger partial charge on any atom is -0.352 e. The van der Waals surface area contributed by atoms with Gasteiger partial charge in [0.15, 0.2) is 0 Å². The third-order valence-electron chi connectivity index (χ3n) is 4.23. The van der Waals surface area contributed by atoms with E-state index < -0.39 is 0 Å². The van der Waals surface area contributed by atoms with Crippen molar-refractivity contribution in [3.63, 3.8) is 0 Å². The smallest absolute Gasteiger partial charge is 0.222 e. The molecule has 0 radical (unpaired) electrons. The number of aromatic nitrogens is 1. The summed E-state index contributed by atoms with van der Waals surface area (Å²) in [7, 11) is 0. The van der Waals surface area contributed by atoms with Gasteiger partial charge in [-0.25, -0.2) is 0 Å². The van der Waals surface area contributed by atoms with Crippen LogP contribution >= 0.6 is 11.6 Å². The Morgan fingerprint density at radius 1 is 1.04 bits per heavy atom. The molecular weight excluding hydrogens is 332 g/mol. The number of nitrogens with one attached hydrogen (secondary N) is 1. The van der Waals surface area contributed by atoms with Crippen LogP contribution in [-0.2, 0) is 11.3 Å². The number of aryl methyl sites for hydroxylation is 1. The third-order valence-corrected chi connectivity index (χ3v) is 4.48. The van der Waals surface area contributed by atoms with E-state index >= 15 is 0 Å². The molecule has 0 spiro atoms. The Kier molecular flexibility index (Phi) is 5.56. The summed E-state index contributed by atoms with van der Waals surface area (Å²) >= 11 is 5.89. The molecule has 3 aromatic rings. The van der Waals surface area contributed by atoms with Crippen molar-refractivity contribution in [3.05, 3.63) is 94.8 Å². The molecule has 0 saturated carbocycles.